The lowest BCUT2D eigenvalue weighted by Crippen LogP contribution is -2.67. The van der Waals surface area contributed by atoms with E-state index in [1.165, 1.54) is 32.2 Å². The molecule has 4 nitrogen and oxygen atoms in total. The second-order valence-corrected chi connectivity index (χ2v) is 13.4. The summed E-state index contributed by atoms with van der Waals surface area (Å²) in [5.41, 5.74) is -0.365. The molecule has 2 saturated heterocycles. The third-order valence-electron chi connectivity index (χ3n) is 12.0. The van der Waals surface area contributed by atoms with Crippen molar-refractivity contribution in [2.24, 2.45) is 52.8 Å². The quantitative estimate of drug-likeness (QED) is 0.547. The van der Waals surface area contributed by atoms with Crippen molar-refractivity contribution in [3.05, 3.63) is 0 Å². The van der Waals surface area contributed by atoms with Gasteiger partial charge in [-0.25, -0.2) is 0 Å². The molecule has 6 fully saturated rings. The molecule has 13 atom stereocenters. The van der Waals surface area contributed by atoms with E-state index in [0.717, 1.165) is 50.5 Å². The molecule has 0 amide bonds. The van der Waals surface area contributed by atoms with Crippen molar-refractivity contribution in [3.8, 4) is 0 Å². The van der Waals surface area contributed by atoms with E-state index < -0.39 is 5.60 Å². The number of hydrogen-bond donors (Lipinski definition) is 3. The summed E-state index contributed by atoms with van der Waals surface area (Å²) in [5.74, 6) is 4.89. The van der Waals surface area contributed by atoms with Crippen LogP contribution in [0.5, 0.6) is 0 Å². The summed E-state index contributed by atoms with van der Waals surface area (Å²) in [6.45, 7) is 9.36. The van der Waals surface area contributed by atoms with E-state index in [1.54, 1.807) is 0 Å². The average Bonchev–Trinajstić information content (AvgIpc) is 3.09. The van der Waals surface area contributed by atoms with Crippen LogP contribution in [-0.4, -0.2) is 57.2 Å². The predicted molar refractivity (Wildman–Crippen MR) is 121 cm³/mol. The SMILES string of the molecule is C[C@H]1CC[C@H]2N(C1)C[C@H]1[C@@H]3C[C@H]4[C@@H](C[C@@H](O)[C@H]5C[C@@H](O)CC[C@@]54C)[C@@H]3CC[C@@H]1[C@]2(C)O. The standard InChI is InChI=1S/C27H45NO3/c1-15-4-7-25-27(3,31)21-6-5-17-18(20(21)14-28(25)13-15)11-22-19(17)12-24(30)23-10-16(29)8-9-26(22,23)2/h15-25,29-31H,4-14H2,1-3H3/t15-,16-,17+,18+,19-,20-,21-,22-,23+,24+,25+,26+,27-/m0/s1. The lowest BCUT2D eigenvalue weighted by Gasteiger charge is -2.60. The average molecular weight is 432 g/mol. The molecule has 2 aliphatic heterocycles. The topological polar surface area (TPSA) is 63.9 Å². The van der Waals surface area contributed by atoms with Gasteiger partial charge in [0.05, 0.1) is 17.8 Å². The second-order valence-electron chi connectivity index (χ2n) is 13.4. The normalized spacial score (nSPS) is 61.5. The molecule has 0 bridgehead atoms. The van der Waals surface area contributed by atoms with Gasteiger partial charge in [0.1, 0.15) is 0 Å². The number of aliphatic hydroxyl groups excluding tert-OH is 2. The van der Waals surface area contributed by atoms with Crippen LogP contribution >= 0.6 is 0 Å². The first-order chi connectivity index (χ1) is 14.7. The van der Waals surface area contributed by atoms with Crippen LogP contribution in [0.3, 0.4) is 0 Å². The highest BCUT2D eigenvalue weighted by atomic mass is 16.3. The van der Waals surface area contributed by atoms with E-state index >= 15 is 0 Å². The van der Waals surface area contributed by atoms with Gasteiger partial charge in [0.15, 0.2) is 0 Å². The number of fused-ring (bicyclic) bond motifs is 8. The molecule has 31 heavy (non-hydrogen) atoms. The summed E-state index contributed by atoms with van der Waals surface area (Å²) in [6, 6.07) is 0.355. The molecule has 0 unspecified atom stereocenters. The number of aliphatic hydroxyl groups is 3. The first-order valence-electron chi connectivity index (χ1n) is 13.5. The molecule has 0 aromatic heterocycles. The minimum atomic E-state index is -0.553. The molecule has 3 N–H and O–H groups in total. The Morgan fingerprint density at radius 1 is 0.742 bits per heavy atom. The molecule has 0 spiro atoms. The van der Waals surface area contributed by atoms with Crippen molar-refractivity contribution in [2.75, 3.05) is 13.1 Å². The van der Waals surface area contributed by atoms with Crippen LogP contribution in [0.1, 0.15) is 78.6 Å². The lowest BCUT2D eigenvalue weighted by atomic mass is 9.51. The first kappa shape index (κ1) is 21.4. The minimum Gasteiger partial charge on any atom is -0.393 e. The Labute approximate surface area is 188 Å². The van der Waals surface area contributed by atoms with Crippen LogP contribution in [0, 0.1) is 52.8 Å². The van der Waals surface area contributed by atoms with Gasteiger partial charge in [0, 0.05) is 19.1 Å². The Morgan fingerprint density at radius 3 is 2.35 bits per heavy atom. The zero-order valence-corrected chi connectivity index (χ0v) is 19.9. The van der Waals surface area contributed by atoms with E-state index in [2.05, 4.69) is 25.7 Å². The number of rotatable bonds is 0. The molecule has 0 aromatic carbocycles. The van der Waals surface area contributed by atoms with Gasteiger partial charge in [-0.3, -0.25) is 4.90 Å². The van der Waals surface area contributed by atoms with Crippen LogP contribution < -0.4 is 0 Å². The molecule has 6 aliphatic rings. The molecule has 4 saturated carbocycles. The molecule has 2 heterocycles. The monoisotopic (exact) mass is 431 g/mol. The van der Waals surface area contributed by atoms with E-state index in [4.69, 9.17) is 0 Å². The Balaban J connectivity index is 1.30. The van der Waals surface area contributed by atoms with Gasteiger partial charge >= 0.3 is 0 Å². The maximum Gasteiger partial charge on any atom is 0.0805 e. The molecule has 4 heteroatoms. The third-order valence-corrected chi connectivity index (χ3v) is 12.0. The van der Waals surface area contributed by atoms with E-state index in [9.17, 15) is 15.3 Å². The van der Waals surface area contributed by atoms with Crippen LogP contribution in [0.4, 0.5) is 0 Å². The van der Waals surface area contributed by atoms with Crippen LogP contribution in [0.2, 0.25) is 0 Å². The second kappa shape index (κ2) is 7.17. The van der Waals surface area contributed by atoms with Crippen molar-refractivity contribution in [3.63, 3.8) is 0 Å². The zero-order chi connectivity index (χ0) is 21.7. The van der Waals surface area contributed by atoms with Gasteiger partial charge in [-0.1, -0.05) is 13.8 Å². The highest BCUT2D eigenvalue weighted by Gasteiger charge is 2.64. The molecule has 176 valence electrons. The fraction of sp³-hybridized carbons (Fsp3) is 1.00. The molecule has 0 radical (unpaired) electrons. The summed E-state index contributed by atoms with van der Waals surface area (Å²) in [4.78, 5) is 2.68. The third kappa shape index (κ3) is 3.00. The number of piperidine rings is 2. The van der Waals surface area contributed by atoms with Gasteiger partial charge in [-0.05, 0) is 117 Å². The van der Waals surface area contributed by atoms with E-state index in [0.29, 0.717) is 35.6 Å². The largest absolute Gasteiger partial charge is 0.393 e. The van der Waals surface area contributed by atoms with Crippen molar-refractivity contribution in [1.29, 1.82) is 0 Å². The fourth-order valence-electron chi connectivity index (χ4n) is 10.6. The molecule has 6 rings (SSSR count). The van der Waals surface area contributed by atoms with Gasteiger partial charge in [-0.2, -0.15) is 0 Å². The summed E-state index contributed by atoms with van der Waals surface area (Å²) in [5, 5.41) is 33.3. The molecule has 0 aromatic rings. The van der Waals surface area contributed by atoms with Crippen molar-refractivity contribution >= 4 is 0 Å². The molecule has 4 aliphatic carbocycles. The number of nitrogens with zero attached hydrogens (tertiary/aromatic N) is 1. The predicted octanol–water partition coefficient (Wildman–Crippen LogP) is 3.68. The smallest absolute Gasteiger partial charge is 0.0805 e. The number of hydrogen-bond acceptors (Lipinski definition) is 4. The maximum absolute atomic E-state index is 11.8. The van der Waals surface area contributed by atoms with Gasteiger partial charge in [-0.15, -0.1) is 0 Å². The minimum absolute atomic E-state index is 0.188. The van der Waals surface area contributed by atoms with Crippen LogP contribution in [-0.2, 0) is 0 Å². The molecular weight excluding hydrogens is 386 g/mol. The van der Waals surface area contributed by atoms with Crippen molar-refractivity contribution in [1.82, 2.24) is 4.90 Å². The molecular formula is C27H45NO3. The first-order valence-corrected chi connectivity index (χ1v) is 13.5. The van der Waals surface area contributed by atoms with Gasteiger partial charge in [0.25, 0.3) is 0 Å². The van der Waals surface area contributed by atoms with Crippen molar-refractivity contribution in [2.45, 2.75) is 102 Å². The lowest BCUT2D eigenvalue weighted by molar-refractivity contribution is -0.176. The van der Waals surface area contributed by atoms with Gasteiger partial charge < -0.3 is 15.3 Å². The van der Waals surface area contributed by atoms with Crippen LogP contribution in [0.25, 0.3) is 0 Å². The maximum atomic E-state index is 11.8. The fourth-order valence-corrected chi connectivity index (χ4v) is 10.6. The Hall–Kier alpha value is -0.160. The summed E-state index contributed by atoms with van der Waals surface area (Å²) in [6.07, 6.45) is 9.43. The van der Waals surface area contributed by atoms with Crippen molar-refractivity contribution < 1.29 is 15.3 Å². The zero-order valence-electron chi connectivity index (χ0n) is 19.9. The summed E-state index contributed by atoms with van der Waals surface area (Å²) >= 11 is 0. The van der Waals surface area contributed by atoms with E-state index in [-0.39, 0.29) is 23.5 Å². The summed E-state index contributed by atoms with van der Waals surface area (Å²) in [7, 11) is 0. The van der Waals surface area contributed by atoms with E-state index in [1.807, 2.05) is 0 Å². The van der Waals surface area contributed by atoms with Gasteiger partial charge in [0.2, 0.25) is 0 Å². The Morgan fingerprint density at radius 2 is 1.55 bits per heavy atom. The highest BCUT2D eigenvalue weighted by molar-refractivity contribution is 5.14. The Kier molecular flexibility index (Phi) is 4.94. The summed E-state index contributed by atoms with van der Waals surface area (Å²) < 4.78 is 0. The highest BCUT2D eigenvalue weighted by Crippen LogP contribution is 2.67. The van der Waals surface area contributed by atoms with Crippen LogP contribution in [0.15, 0.2) is 0 Å². The Bertz CT molecular complexity index is 711.